The molecule has 1 amide bonds. The van der Waals surface area contributed by atoms with Crippen molar-refractivity contribution in [2.45, 2.75) is 29.4 Å². The Morgan fingerprint density at radius 2 is 1.81 bits per heavy atom. The average molecular weight is 490 g/mol. The van der Waals surface area contributed by atoms with Gasteiger partial charge in [-0.05, 0) is 54.1 Å². The molecule has 9 heteroatoms. The third-order valence-electron chi connectivity index (χ3n) is 4.76. The molecule has 1 aromatic heterocycles. The van der Waals surface area contributed by atoms with Gasteiger partial charge in [0, 0.05) is 47.4 Å². The number of hydrogen-bond donors (Lipinski definition) is 1. The fourth-order valence-electron chi connectivity index (χ4n) is 3.04. The number of pyridine rings is 1. The lowest BCUT2D eigenvalue weighted by Gasteiger charge is -2.19. The van der Waals surface area contributed by atoms with E-state index >= 15 is 0 Å². The molecule has 0 spiro atoms. The van der Waals surface area contributed by atoms with Crippen molar-refractivity contribution >= 4 is 45.0 Å². The summed E-state index contributed by atoms with van der Waals surface area (Å²) >= 11 is 7.81. The molecule has 1 heterocycles. The van der Waals surface area contributed by atoms with Crippen LogP contribution in [0.3, 0.4) is 0 Å². The number of hydrogen-bond acceptors (Lipinski definition) is 5. The summed E-state index contributed by atoms with van der Waals surface area (Å²) in [6.07, 6.45) is 3.57. The van der Waals surface area contributed by atoms with Crippen LogP contribution in [0.25, 0.3) is 0 Å². The van der Waals surface area contributed by atoms with Gasteiger partial charge in [-0.2, -0.15) is 4.31 Å². The van der Waals surface area contributed by atoms with Crippen molar-refractivity contribution in [1.29, 1.82) is 0 Å². The third-order valence-corrected chi connectivity index (χ3v) is 8.37. The van der Waals surface area contributed by atoms with Crippen LogP contribution in [0.2, 0.25) is 5.02 Å². The van der Waals surface area contributed by atoms with Crippen LogP contribution in [0.4, 0.5) is 5.69 Å². The molecule has 0 unspecified atom stereocenters. The Morgan fingerprint density at radius 1 is 1.09 bits per heavy atom. The number of nitrogens with zero attached hydrogens (tertiary/aromatic N) is 2. The van der Waals surface area contributed by atoms with Gasteiger partial charge in [0.1, 0.15) is 4.90 Å². The van der Waals surface area contributed by atoms with Crippen molar-refractivity contribution in [1.82, 2.24) is 9.29 Å². The Morgan fingerprint density at radius 3 is 2.44 bits per heavy atom. The second-order valence-electron chi connectivity index (χ2n) is 6.86. The minimum atomic E-state index is -3.75. The largest absolute Gasteiger partial charge is 0.322 e. The van der Waals surface area contributed by atoms with Crippen LogP contribution in [0.5, 0.6) is 0 Å². The summed E-state index contributed by atoms with van der Waals surface area (Å²) < 4.78 is 27.0. The van der Waals surface area contributed by atoms with Crippen molar-refractivity contribution in [2.24, 2.45) is 0 Å². The molecule has 3 aromatic rings. The third kappa shape index (κ3) is 5.89. The summed E-state index contributed by atoms with van der Waals surface area (Å²) in [4.78, 5) is 17.8. The number of nitrogens with one attached hydrogen (secondary N) is 1. The van der Waals surface area contributed by atoms with Gasteiger partial charge in [0.25, 0.3) is 5.91 Å². The van der Waals surface area contributed by atoms with Crippen molar-refractivity contribution < 1.29 is 13.2 Å². The van der Waals surface area contributed by atoms with Gasteiger partial charge >= 0.3 is 0 Å². The first-order valence-corrected chi connectivity index (χ1v) is 12.9. The first-order chi connectivity index (χ1) is 15.3. The van der Waals surface area contributed by atoms with E-state index in [1.54, 1.807) is 50.0 Å². The minimum Gasteiger partial charge on any atom is -0.322 e. The van der Waals surface area contributed by atoms with Crippen LogP contribution in [0, 0.1) is 0 Å². The smallest absolute Gasteiger partial charge is 0.255 e. The molecule has 0 saturated heterocycles. The van der Waals surface area contributed by atoms with Gasteiger partial charge in [0.15, 0.2) is 0 Å². The molecule has 1 N–H and O–H groups in total. The fourth-order valence-corrected chi connectivity index (χ4v) is 5.83. The monoisotopic (exact) mass is 489 g/mol. The number of carbonyl (C=O) groups is 1. The number of halogens is 1. The zero-order valence-electron chi connectivity index (χ0n) is 17.8. The van der Waals surface area contributed by atoms with E-state index in [1.807, 2.05) is 30.5 Å². The quantitative estimate of drug-likeness (QED) is 0.412. The summed E-state index contributed by atoms with van der Waals surface area (Å²) in [7, 11) is -3.75. The van der Waals surface area contributed by atoms with Gasteiger partial charge in [-0.25, -0.2) is 8.42 Å². The lowest BCUT2D eigenvalue weighted by Crippen LogP contribution is -2.30. The molecule has 0 aliphatic heterocycles. The Bertz CT molecular complexity index is 1170. The number of sulfonamides is 1. The molecule has 0 saturated carbocycles. The van der Waals surface area contributed by atoms with Gasteiger partial charge in [-0.3, -0.25) is 9.78 Å². The Kier molecular flexibility index (Phi) is 8.31. The van der Waals surface area contributed by atoms with E-state index < -0.39 is 10.0 Å². The van der Waals surface area contributed by atoms with E-state index in [-0.39, 0.29) is 15.8 Å². The van der Waals surface area contributed by atoms with Crippen molar-refractivity contribution in [3.05, 3.63) is 83.1 Å². The summed E-state index contributed by atoms with van der Waals surface area (Å²) in [5.74, 6) is 0.454. The second kappa shape index (κ2) is 11.0. The maximum Gasteiger partial charge on any atom is 0.255 e. The first kappa shape index (κ1) is 24.3. The van der Waals surface area contributed by atoms with Crippen molar-refractivity contribution in [2.75, 3.05) is 18.4 Å². The molecule has 0 radical (unpaired) electrons. The molecule has 0 aliphatic carbocycles. The first-order valence-electron chi connectivity index (χ1n) is 10.1. The van der Waals surface area contributed by atoms with E-state index in [1.165, 1.54) is 16.4 Å². The van der Waals surface area contributed by atoms with Gasteiger partial charge < -0.3 is 5.32 Å². The molecule has 3 rings (SSSR count). The number of benzene rings is 2. The van der Waals surface area contributed by atoms with Crippen LogP contribution in [0.1, 0.15) is 29.8 Å². The lowest BCUT2D eigenvalue weighted by atomic mass is 10.2. The normalized spacial score (nSPS) is 11.5. The fraction of sp³-hybridized carbons (Fsp3) is 0.217. The molecular weight excluding hydrogens is 466 g/mol. The Hall–Kier alpha value is -2.39. The van der Waals surface area contributed by atoms with E-state index in [2.05, 4.69) is 10.3 Å². The summed E-state index contributed by atoms with van der Waals surface area (Å²) in [5, 5.41) is 2.87. The number of rotatable bonds is 9. The Balaban J connectivity index is 1.70. The molecule has 6 nitrogen and oxygen atoms in total. The molecule has 0 fully saturated rings. The van der Waals surface area contributed by atoms with Gasteiger partial charge in [0.05, 0.1) is 5.02 Å². The van der Waals surface area contributed by atoms with Crippen molar-refractivity contribution in [3.8, 4) is 0 Å². The Labute approximate surface area is 198 Å². The molecule has 168 valence electrons. The van der Waals surface area contributed by atoms with E-state index in [4.69, 9.17) is 11.6 Å². The zero-order chi connectivity index (χ0) is 23.1. The molecule has 0 bridgehead atoms. The topological polar surface area (TPSA) is 79.4 Å². The standard InChI is InChI=1S/C23H24ClN3O3S2/c1-3-27(4-2)32(29,30)22-14-19(9-12-21(22)24)26-23(28)18-7-10-20(11-8-18)31-16-17-6-5-13-25-15-17/h5-15H,3-4,16H2,1-2H3,(H,26,28). The van der Waals surface area contributed by atoms with Crippen LogP contribution in [-0.4, -0.2) is 36.7 Å². The minimum absolute atomic E-state index is 0.0252. The molecular formula is C23H24ClN3O3S2. The predicted octanol–water partition coefficient (Wildman–Crippen LogP) is 5.31. The average Bonchev–Trinajstić information content (AvgIpc) is 2.80. The zero-order valence-corrected chi connectivity index (χ0v) is 20.2. The highest BCUT2D eigenvalue weighted by molar-refractivity contribution is 7.98. The second-order valence-corrected chi connectivity index (χ2v) is 10.2. The van der Waals surface area contributed by atoms with Crippen LogP contribution < -0.4 is 5.32 Å². The highest BCUT2D eigenvalue weighted by Crippen LogP contribution is 2.28. The highest BCUT2D eigenvalue weighted by Gasteiger charge is 2.25. The maximum absolute atomic E-state index is 12.8. The highest BCUT2D eigenvalue weighted by atomic mass is 35.5. The summed E-state index contributed by atoms with van der Waals surface area (Å²) in [6.45, 7) is 4.19. The predicted molar refractivity (Wildman–Crippen MR) is 130 cm³/mol. The molecule has 0 aliphatic rings. The maximum atomic E-state index is 12.8. The lowest BCUT2D eigenvalue weighted by molar-refractivity contribution is 0.102. The van der Waals surface area contributed by atoms with Crippen LogP contribution >= 0.6 is 23.4 Å². The van der Waals surface area contributed by atoms with Gasteiger partial charge in [0.2, 0.25) is 10.0 Å². The molecule has 0 atom stereocenters. The SMILES string of the molecule is CCN(CC)S(=O)(=O)c1cc(NC(=O)c2ccc(SCc3cccnc3)cc2)ccc1Cl. The number of amides is 1. The number of aromatic nitrogens is 1. The van der Waals surface area contributed by atoms with E-state index in [0.717, 1.165) is 16.2 Å². The molecule has 2 aromatic carbocycles. The summed E-state index contributed by atoms with van der Waals surface area (Å²) in [5.41, 5.74) is 1.96. The molecule has 32 heavy (non-hydrogen) atoms. The van der Waals surface area contributed by atoms with Crippen LogP contribution in [-0.2, 0) is 15.8 Å². The van der Waals surface area contributed by atoms with E-state index in [9.17, 15) is 13.2 Å². The van der Waals surface area contributed by atoms with Crippen LogP contribution in [0.15, 0.2) is 76.8 Å². The summed E-state index contributed by atoms with van der Waals surface area (Å²) in [6, 6.07) is 15.6. The number of thioether (sulfide) groups is 1. The van der Waals surface area contributed by atoms with Gasteiger partial charge in [-0.1, -0.05) is 31.5 Å². The van der Waals surface area contributed by atoms with Crippen molar-refractivity contribution in [3.63, 3.8) is 0 Å². The van der Waals surface area contributed by atoms with E-state index in [0.29, 0.717) is 24.3 Å². The number of carbonyl (C=O) groups excluding carboxylic acids is 1. The number of anilines is 1. The van der Waals surface area contributed by atoms with Gasteiger partial charge in [-0.15, -0.1) is 11.8 Å².